The van der Waals surface area contributed by atoms with Gasteiger partial charge in [0.1, 0.15) is 0 Å². The summed E-state index contributed by atoms with van der Waals surface area (Å²) in [4.78, 5) is 5.43. The van der Waals surface area contributed by atoms with Crippen LogP contribution in [0.1, 0.15) is 18.1 Å². The van der Waals surface area contributed by atoms with Gasteiger partial charge in [0.15, 0.2) is 0 Å². The average molecular weight is 229 g/mol. The minimum Gasteiger partial charge on any atom is -0.264 e. The molecule has 1 aromatic carbocycles. The number of thioether (sulfide) groups is 1. The molecule has 0 saturated carbocycles. The Kier molecular flexibility index (Phi) is 4.00. The molecule has 1 aromatic heterocycles. The van der Waals surface area contributed by atoms with Crippen molar-refractivity contribution in [2.45, 2.75) is 24.0 Å². The molecule has 1 nitrogen and oxygen atoms in total. The van der Waals surface area contributed by atoms with Gasteiger partial charge in [-0.05, 0) is 35.7 Å². The summed E-state index contributed by atoms with van der Waals surface area (Å²) in [7, 11) is 0. The Morgan fingerprint density at radius 3 is 2.50 bits per heavy atom. The Labute approximate surface area is 101 Å². The van der Waals surface area contributed by atoms with Crippen LogP contribution in [0.25, 0.3) is 0 Å². The van der Waals surface area contributed by atoms with Crippen molar-refractivity contribution in [3.05, 3.63) is 59.9 Å². The number of rotatable bonds is 4. The van der Waals surface area contributed by atoms with Crippen LogP contribution in [0.2, 0.25) is 0 Å². The van der Waals surface area contributed by atoms with Gasteiger partial charge in [0.05, 0.1) is 0 Å². The Balaban J connectivity index is 1.94. The van der Waals surface area contributed by atoms with Crippen molar-refractivity contribution in [2.75, 3.05) is 0 Å². The van der Waals surface area contributed by atoms with Crippen LogP contribution in [0.3, 0.4) is 0 Å². The van der Waals surface area contributed by atoms with E-state index in [2.05, 4.69) is 42.2 Å². The van der Waals surface area contributed by atoms with Gasteiger partial charge in [-0.1, -0.05) is 25.1 Å². The van der Waals surface area contributed by atoms with Gasteiger partial charge in [0.25, 0.3) is 0 Å². The highest BCUT2D eigenvalue weighted by molar-refractivity contribution is 7.98. The molecule has 1 heterocycles. The lowest BCUT2D eigenvalue weighted by Crippen LogP contribution is -1.82. The van der Waals surface area contributed by atoms with Gasteiger partial charge in [0, 0.05) is 23.0 Å². The van der Waals surface area contributed by atoms with E-state index >= 15 is 0 Å². The third-order valence-corrected chi connectivity index (χ3v) is 3.54. The molecule has 0 spiro atoms. The lowest BCUT2D eigenvalue weighted by molar-refractivity contribution is 1.13. The molecule has 82 valence electrons. The maximum absolute atomic E-state index is 4.11. The van der Waals surface area contributed by atoms with Gasteiger partial charge in [-0.25, -0.2) is 0 Å². The molecule has 0 aliphatic carbocycles. The summed E-state index contributed by atoms with van der Waals surface area (Å²) in [5, 5.41) is 0. The van der Waals surface area contributed by atoms with Crippen LogP contribution >= 0.6 is 11.8 Å². The van der Waals surface area contributed by atoms with Crippen LogP contribution in [0.15, 0.2) is 53.7 Å². The minimum atomic E-state index is 0.985. The van der Waals surface area contributed by atoms with Gasteiger partial charge >= 0.3 is 0 Å². The van der Waals surface area contributed by atoms with Crippen molar-refractivity contribution in [2.24, 2.45) is 0 Å². The maximum atomic E-state index is 4.11. The van der Waals surface area contributed by atoms with Crippen LogP contribution in [0.4, 0.5) is 0 Å². The third-order valence-electron chi connectivity index (χ3n) is 2.46. The van der Waals surface area contributed by atoms with Crippen molar-refractivity contribution in [1.82, 2.24) is 4.98 Å². The molecule has 0 atom stereocenters. The summed E-state index contributed by atoms with van der Waals surface area (Å²) < 4.78 is 0. The number of hydrogen-bond donors (Lipinski definition) is 0. The highest BCUT2D eigenvalue weighted by atomic mass is 32.2. The van der Waals surface area contributed by atoms with E-state index in [-0.39, 0.29) is 0 Å². The first-order valence-electron chi connectivity index (χ1n) is 5.49. The number of pyridine rings is 1. The molecule has 0 bridgehead atoms. The number of hydrogen-bond acceptors (Lipinski definition) is 2. The Morgan fingerprint density at radius 2 is 1.88 bits per heavy atom. The van der Waals surface area contributed by atoms with Crippen molar-refractivity contribution >= 4 is 11.8 Å². The first-order chi connectivity index (χ1) is 7.88. The molecule has 0 fully saturated rings. The van der Waals surface area contributed by atoms with E-state index in [0.29, 0.717) is 0 Å². The van der Waals surface area contributed by atoms with Gasteiger partial charge < -0.3 is 0 Å². The first-order valence-corrected chi connectivity index (χ1v) is 6.47. The zero-order chi connectivity index (χ0) is 11.2. The van der Waals surface area contributed by atoms with Crippen LogP contribution in [-0.2, 0) is 12.2 Å². The third kappa shape index (κ3) is 3.11. The van der Waals surface area contributed by atoms with Crippen LogP contribution in [0, 0.1) is 0 Å². The van der Waals surface area contributed by atoms with E-state index in [1.807, 2.05) is 30.2 Å². The number of nitrogens with zero attached hydrogens (tertiary/aromatic N) is 1. The molecule has 0 aliphatic rings. The van der Waals surface area contributed by atoms with Crippen molar-refractivity contribution < 1.29 is 0 Å². The number of aryl methyl sites for hydroxylation is 1. The van der Waals surface area contributed by atoms with Crippen molar-refractivity contribution in [3.63, 3.8) is 0 Å². The lowest BCUT2D eigenvalue weighted by Gasteiger charge is -2.02. The second-order valence-electron chi connectivity index (χ2n) is 3.65. The molecular formula is C14H15NS. The number of benzene rings is 1. The van der Waals surface area contributed by atoms with Gasteiger partial charge in [-0.3, -0.25) is 4.98 Å². The molecule has 0 amide bonds. The summed E-state index contributed by atoms with van der Waals surface area (Å²) in [6, 6.07) is 12.9. The van der Waals surface area contributed by atoms with Gasteiger partial charge in [-0.2, -0.15) is 0 Å². The highest BCUT2D eigenvalue weighted by Gasteiger charge is 1.96. The minimum absolute atomic E-state index is 0.985. The summed E-state index contributed by atoms with van der Waals surface area (Å²) >= 11 is 1.85. The second kappa shape index (κ2) is 5.71. The second-order valence-corrected chi connectivity index (χ2v) is 4.70. The molecule has 2 aromatic rings. The van der Waals surface area contributed by atoms with Gasteiger partial charge in [0.2, 0.25) is 0 Å². The molecule has 0 saturated heterocycles. The topological polar surface area (TPSA) is 12.9 Å². The van der Waals surface area contributed by atoms with Crippen molar-refractivity contribution in [1.29, 1.82) is 0 Å². The molecule has 0 radical (unpaired) electrons. The smallest absolute Gasteiger partial charge is 0.0308 e. The summed E-state index contributed by atoms with van der Waals surface area (Å²) in [5.74, 6) is 0.985. The van der Waals surface area contributed by atoms with Crippen LogP contribution in [0.5, 0.6) is 0 Å². The Morgan fingerprint density at radius 1 is 1.06 bits per heavy atom. The molecule has 0 aliphatic heterocycles. The largest absolute Gasteiger partial charge is 0.264 e. The Hall–Kier alpha value is -1.28. The quantitative estimate of drug-likeness (QED) is 0.737. The SMILES string of the molecule is CCc1ccc(SCc2cccnc2)cc1. The van der Waals surface area contributed by atoms with E-state index < -0.39 is 0 Å². The van der Waals surface area contributed by atoms with E-state index in [1.54, 1.807) is 0 Å². The standard InChI is InChI=1S/C14H15NS/c1-2-12-5-7-14(8-6-12)16-11-13-4-3-9-15-10-13/h3-10H,2,11H2,1H3. The molecule has 0 N–H and O–H groups in total. The monoisotopic (exact) mass is 229 g/mol. The zero-order valence-corrected chi connectivity index (χ0v) is 10.2. The summed E-state index contributed by atoms with van der Waals surface area (Å²) in [6.07, 6.45) is 4.84. The predicted molar refractivity (Wildman–Crippen MR) is 69.6 cm³/mol. The summed E-state index contributed by atoms with van der Waals surface area (Å²) in [6.45, 7) is 2.18. The molecular weight excluding hydrogens is 214 g/mol. The zero-order valence-electron chi connectivity index (χ0n) is 9.39. The van der Waals surface area contributed by atoms with E-state index in [0.717, 1.165) is 12.2 Å². The normalized spacial score (nSPS) is 10.3. The maximum Gasteiger partial charge on any atom is 0.0308 e. The van der Waals surface area contributed by atoms with Gasteiger partial charge in [-0.15, -0.1) is 11.8 Å². The van der Waals surface area contributed by atoms with E-state index in [1.165, 1.54) is 16.0 Å². The first kappa shape index (κ1) is 11.2. The highest BCUT2D eigenvalue weighted by Crippen LogP contribution is 2.22. The Bertz CT molecular complexity index is 422. The fourth-order valence-corrected chi connectivity index (χ4v) is 2.30. The predicted octanol–water partition coefficient (Wildman–Crippen LogP) is 3.94. The molecule has 0 unspecified atom stereocenters. The molecule has 2 heteroatoms. The fourth-order valence-electron chi connectivity index (χ4n) is 1.47. The van der Waals surface area contributed by atoms with E-state index in [9.17, 15) is 0 Å². The lowest BCUT2D eigenvalue weighted by atomic mass is 10.2. The fraction of sp³-hybridized carbons (Fsp3) is 0.214. The molecule has 16 heavy (non-hydrogen) atoms. The van der Waals surface area contributed by atoms with E-state index in [4.69, 9.17) is 0 Å². The van der Waals surface area contributed by atoms with Crippen LogP contribution < -0.4 is 0 Å². The number of aromatic nitrogens is 1. The average Bonchev–Trinajstić information content (AvgIpc) is 2.38. The van der Waals surface area contributed by atoms with Crippen LogP contribution in [-0.4, -0.2) is 4.98 Å². The summed E-state index contributed by atoms with van der Waals surface area (Å²) in [5.41, 5.74) is 2.66. The molecule has 2 rings (SSSR count). The van der Waals surface area contributed by atoms with Crippen molar-refractivity contribution in [3.8, 4) is 0 Å².